The maximum atomic E-state index is 6.59. The molecule has 1 aliphatic rings. The molecule has 4 heteroatoms. The molecule has 0 unspecified atom stereocenters. The third kappa shape index (κ3) is 5.42. The SMILES string of the molecule is C1=CCCC(c2nc(-c3ccc4c(ccc5ccccc54)c3)nc(-c3cccc4oc5cccc(-c6ccc7ccc(-c8ccccc8)cc7c6)c5c34)n2)=C1. The van der Waals surface area contributed by atoms with Gasteiger partial charge in [0.2, 0.25) is 0 Å². The quantitative estimate of drug-likeness (QED) is 0.167. The first-order valence-electron chi connectivity index (χ1n) is 18.8. The zero-order valence-corrected chi connectivity index (χ0v) is 29.9. The molecule has 0 spiro atoms. The third-order valence-electron chi connectivity index (χ3n) is 11.0. The molecule has 2 heterocycles. The Hall–Kier alpha value is -7.17. The van der Waals surface area contributed by atoms with Gasteiger partial charge in [0.1, 0.15) is 11.2 Å². The van der Waals surface area contributed by atoms with Crippen molar-refractivity contribution in [3.05, 3.63) is 182 Å². The van der Waals surface area contributed by atoms with Crippen molar-refractivity contribution in [3.8, 4) is 45.0 Å². The van der Waals surface area contributed by atoms with Gasteiger partial charge in [-0.1, -0.05) is 146 Å². The molecule has 8 aromatic carbocycles. The lowest BCUT2D eigenvalue weighted by atomic mass is 9.94. The summed E-state index contributed by atoms with van der Waals surface area (Å²) in [6.45, 7) is 0. The number of hydrogen-bond acceptors (Lipinski definition) is 4. The molecule has 0 N–H and O–H groups in total. The van der Waals surface area contributed by atoms with E-state index in [1.54, 1.807) is 0 Å². The fourth-order valence-electron chi connectivity index (χ4n) is 8.23. The monoisotopic (exact) mass is 703 g/mol. The Labute approximate surface area is 317 Å². The first kappa shape index (κ1) is 31.4. The van der Waals surface area contributed by atoms with Crippen molar-refractivity contribution in [2.24, 2.45) is 0 Å². The van der Waals surface area contributed by atoms with Crippen LogP contribution in [0.25, 0.3) is 105 Å². The second kappa shape index (κ2) is 12.8. The molecule has 0 atom stereocenters. The van der Waals surface area contributed by atoms with Crippen LogP contribution in [0.5, 0.6) is 0 Å². The zero-order chi connectivity index (χ0) is 36.3. The Balaban J connectivity index is 1.11. The van der Waals surface area contributed by atoms with E-state index < -0.39 is 0 Å². The standard InChI is InChI=1S/C51H33N3O/c1-3-11-32(12-4-1)36-24-21-33-22-25-38(31-40(33)29-36)43-17-9-19-45-47(43)48-44(18-10-20-46(48)55-45)51-53-49(35-14-5-2-6-15-35)52-50(54-51)39-27-28-42-37(30-39)26-23-34-13-7-8-16-41(34)42/h1-5,7-14,16-31H,6,15H2. The van der Waals surface area contributed by atoms with Gasteiger partial charge in [0.25, 0.3) is 0 Å². The van der Waals surface area contributed by atoms with Gasteiger partial charge in [-0.15, -0.1) is 0 Å². The number of aromatic nitrogens is 3. The van der Waals surface area contributed by atoms with E-state index in [2.05, 4.69) is 164 Å². The molecule has 4 nitrogen and oxygen atoms in total. The average Bonchev–Trinajstić information content (AvgIpc) is 3.65. The lowest BCUT2D eigenvalue weighted by molar-refractivity contribution is 0.669. The predicted octanol–water partition coefficient (Wildman–Crippen LogP) is 13.6. The molecule has 0 saturated heterocycles. The number of hydrogen-bond donors (Lipinski definition) is 0. The van der Waals surface area contributed by atoms with Gasteiger partial charge in [0.05, 0.1) is 0 Å². The molecule has 0 fully saturated rings. The lowest BCUT2D eigenvalue weighted by Gasteiger charge is -2.13. The highest BCUT2D eigenvalue weighted by Crippen LogP contribution is 2.42. The summed E-state index contributed by atoms with van der Waals surface area (Å²) in [5.41, 5.74) is 9.24. The Kier molecular flexibility index (Phi) is 7.27. The first-order valence-corrected chi connectivity index (χ1v) is 18.8. The summed E-state index contributed by atoms with van der Waals surface area (Å²) in [5.74, 6) is 1.99. The number of furan rings is 1. The van der Waals surface area contributed by atoms with Crippen LogP contribution in [0.15, 0.2) is 180 Å². The van der Waals surface area contributed by atoms with Crippen molar-refractivity contribution in [3.63, 3.8) is 0 Å². The smallest absolute Gasteiger partial charge is 0.164 e. The van der Waals surface area contributed by atoms with Crippen LogP contribution < -0.4 is 0 Å². The van der Waals surface area contributed by atoms with Crippen molar-refractivity contribution in [2.45, 2.75) is 12.8 Å². The van der Waals surface area contributed by atoms with Crippen LogP contribution in [0.3, 0.4) is 0 Å². The van der Waals surface area contributed by atoms with Crippen molar-refractivity contribution in [2.75, 3.05) is 0 Å². The zero-order valence-electron chi connectivity index (χ0n) is 29.9. The van der Waals surface area contributed by atoms with Crippen LogP contribution in [0.1, 0.15) is 18.7 Å². The minimum atomic E-state index is 0.628. The van der Waals surface area contributed by atoms with Gasteiger partial charge < -0.3 is 4.42 Å². The Morgan fingerprint density at radius 3 is 1.93 bits per heavy atom. The molecule has 1 aliphatic carbocycles. The number of nitrogens with zero attached hydrogens (tertiary/aromatic N) is 3. The molecule has 0 bridgehead atoms. The van der Waals surface area contributed by atoms with Crippen LogP contribution >= 0.6 is 0 Å². The molecule has 2 aromatic heterocycles. The van der Waals surface area contributed by atoms with Crippen LogP contribution in [0.4, 0.5) is 0 Å². The summed E-state index contributed by atoms with van der Waals surface area (Å²) in [5, 5.41) is 9.26. The molecule has 10 aromatic rings. The highest BCUT2D eigenvalue weighted by atomic mass is 16.3. The summed E-state index contributed by atoms with van der Waals surface area (Å²) >= 11 is 0. The summed E-state index contributed by atoms with van der Waals surface area (Å²) in [6, 6.07) is 55.9. The van der Waals surface area contributed by atoms with E-state index in [4.69, 9.17) is 19.4 Å². The van der Waals surface area contributed by atoms with Crippen molar-refractivity contribution >= 4 is 59.8 Å². The fourth-order valence-corrected chi connectivity index (χ4v) is 8.23. The predicted molar refractivity (Wildman–Crippen MR) is 228 cm³/mol. The number of fused-ring (bicyclic) bond motifs is 7. The molecule has 0 aliphatic heterocycles. The summed E-state index contributed by atoms with van der Waals surface area (Å²) in [6.07, 6.45) is 8.25. The number of benzene rings is 8. The van der Waals surface area contributed by atoms with Gasteiger partial charge in [0, 0.05) is 21.9 Å². The van der Waals surface area contributed by atoms with Gasteiger partial charge in [-0.05, 0) is 103 Å². The van der Waals surface area contributed by atoms with Gasteiger partial charge in [-0.2, -0.15) is 0 Å². The molecule has 0 saturated carbocycles. The van der Waals surface area contributed by atoms with Crippen LogP contribution in [-0.4, -0.2) is 15.0 Å². The van der Waals surface area contributed by atoms with E-state index in [0.29, 0.717) is 17.5 Å². The highest BCUT2D eigenvalue weighted by molar-refractivity contribution is 6.18. The molecule has 258 valence electrons. The highest BCUT2D eigenvalue weighted by Gasteiger charge is 2.21. The van der Waals surface area contributed by atoms with E-state index in [1.165, 1.54) is 38.1 Å². The van der Waals surface area contributed by atoms with E-state index in [-0.39, 0.29) is 0 Å². The second-order valence-corrected chi connectivity index (χ2v) is 14.3. The Morgan fingerprint density at radius 2 is 1.07 bits per heavy atom. The van der Waals surface area contributed by atoms with Gasteiger partial charge >= 0.3 is 0 Å². The number of rotatable bonds is 5. The van der Waals surface area contributed by atoms with Crippen LogP contribution in [0.2, 0.25) is 0 Å². The van der Waals surface area contributed by atoms with Crippen molar-refractivity contribution in [1.29, 1.82) is 0 Å². The molecular weight excluding hydrogens is 671 g/mol. The van der Waals surface area contributed by atoms with Crippen LogP contribution in [-0.2, 0) is 0 Å². The summed E-state index contributed by atoms with van der Waals surface area (Å²) in [4.78, 5) is 15.6. The lowest BCUT2D eigenvalue weighted by Crippen LogP contribution is -2.04. The van der Waals surface area contributed by atoms with Gasteiger partial charge in [-0.25, -0.2) is 15.0 Å². The fraction of sp³-hybridized carbons (Fsp3) is 0.0392. The summed E-state index contributed by atoms with van der Waals surface area (Å²) < 4.78 is 6.59. The third-order valence-corrected chi connectivity index (χ3v) is 11.0. The van der Waals surface area contributed by atoms with E-state index in [1.807, 2.05) is 12.1 Å². The largest absolute Gasteiger partial charge is 0.456 e. The molecular formula is C51H33N3O. The minimum absolute atomic E-state index is 0.628. The molecule has 0 radical (unpaired) electrons. The Bertz CT molecular complexity index is 3210. The summed E-state index contributed by atoms with van der Waals surface area (Å²) in [7, 11) is 0. The van der Waals surface area contributed by atoms with E-state index in [0.717, 1.165) is 68.0 Å². The molecule has 55 heavy (non-hydrogen) atoms. The maximum Gasteiger partial charge on any atom is 0.164 e. The second-order valence-electron chi connectivity index (χ2n) is 14.3. The molecule has 0 amide bonds. The van der Waals surface area contributed by atoms with E-state index in [9.17, 15) is 0 Å². The van der Waals surface area contributed by atoms with Crippen molar-refractivity contribution < 1.29 is 4.42 Å². The normalized spacial score (nSPS) is 13.0. The average molecular weight is 704 g/mol. The first-order chi connectivity index (χ1) is 27.2. The van der Waals surface area contributed by atoms with Gasteiger partial charge in [0.15, 0.2) is 17.5 Å². The van der Waals surface area contributed by atoms with E-state index >= 15 is 0 Å². The maximum absolute atomic E-state index is 6.59. The molecule has 11 rings (SSSR count). The van der Waals surface area contributed by atoms with Crippen LogP contribution in [0, 0.1) is 0 Å². The van der Waals surface area contributed by atoms with Gasteiger partial charge in [-0.3, -0.25) is 0 Å². The van der Waals surface area contributed by atoms with Crippen molar-refractivity contribution in [1.82, 2.24) is 15.0 Å². The Morgan fingerprint density at radius 1 is 0.418 bits per heavy atom. The minimum Gasteiger partial charge on any atom is -0.456 e. The topological polar surface area (TPSA) is 51.8 Å². The number of allylic oxidation sites excluding steroid dienone is 4.